The van der Waals surface area contributed by atoms with Crippen LogP contribution in [0.2, 0.25) is 0 Å². The number of phenolic OH excluding ortho intramolecular Hbond substituents is 1. The second-order valence-electron chi connectivity index (χ2n) is 6.11. The average molecular weight is 308 g/mol. The van der Waals surface area contributed by atoms with Crippen molar-refractivity contribution in [2.24, 2.45) is 0 Å². The van der Waals surface area contributed by atoms with E-state index >= 15 is 0 Å². The van der Waals surface area contributed by atoms with E-state index in [0.29, 0.717) is 5.75 Å². The van der Waals surface area contributed by atoms with Gasteiger partial charge in [0.1, 0.15) is 0 Å². The lowest BCUT2D eigenvalue weighted by Gasteiger charge is -2.10. The number of benzene rings is 1. The Morgan fingerprint density at radius 1 is 1.00 bits per heavy atom. The molecule has 0 heterocycles. The molecule has 1 rings (SSSR count). The Morgan fingerprint density at radius 3 is 2.36 bits per heavy atom. The van der Waals surface area contributed by atoms with E-state index in [1.165, 1.54) is 31.2 Å². The first-order chi connectivity index (χ1) is 10.7. The van der Waals surface area contributed by atoms with Crippen LogP contribution in [0.4, 0.5) is 0 Å². The van der Waals surface area contributed by atoms with Gasteiger partial charge < -0.3 is 14.9 Å². The maximum Gasteiger partial charge on any atom is 0.160 e. The fourth-order valence-corrected chi connectivity index (χ4v) is 2.71. The van der Waals surface area contributed by atoms with Crippen LogP contribution < -0.4 is 4.74 Å². The van der Waals surface area contributed by atoms with E-state index in [9.17, 15) is 10.2 Å². The van der Waals surface area contributed by atoms with Gasteiger partial charge in [-0.3, -0.25) is 0 Å². The van der Waals surface area contributed by atoms with Crippen molar-refractivity contribution in [2.45, 2.75) is 77.2 Å². The fraction of sp³-hybridized carbons (Fsp3) is 0.684. The largest absolute Gasteiger partial charge is 0.504 e. The number of rotatable bonds is 12. The molecule has 0 bridgehead atoms. The number of methoxy groups -OCH3 is 1. The number of aliphatic hydroxyl groups excluding tert-OH is 1. The summed E-state index contributed by atoms with van der Waals surface area (Å²) in [6.07, 6.45) is 11.0. The van der Waals surface area contributed by atoms with E-state index in [1.807, 2.05) is 12.1 Å². The third-order valence-electron chi connectivity index (χ3n) is 4.14. The molecule has 0 aliphatic rings. The Hall–Kier alpha value is -1.22. The zero-order valence-electron chi connectivity index (χ0n) is 14.2. The molecule has 1 aromatic carbocycles. The summed E-state index contributed by atoms with van der Waals surface area (Å²) in [4.78, 5) is 0. The minimum atomic E-state index is -0.143. The summed E-state index contributed by atoms with van der Waals surface area (Å²) in [5, 5.41) is 19.5. The first-order valence-corrected chi connectivity index (χ1v) is 8.71. The van der Waals surface area contributed by atoms with Crippen molar-refractivity contribution in [1.29, 1.82) is 0 Å². The highest BCUT2D eigenvalue weighted by atomic mass is 16.5. The molecule has 0 aliphatic heterocycles. The van der Waals surface area contributed by atoms with E-state index in [1.54, 1.807) is 13.2 Å². The summed E-state index contributed by atoms with van der Waals surface area (Å²) in [6, 6.07) is 5.50. The Bertz CT molecular complexity index is 404. The molecule has 126 valence electrons. The van der Waals surface area contributed by atoms with Gasteiger partial charge in [0.05, 0.1) is 13.2 Å². The van der Waals surface area contributed by atoms with Crippen LogP contribution in [0.3, 0.4) is 0 Å². The molecule has 2 N–H and O–H groups in total. The number of aromatic hydroxyl groups is 1. The van der Waals surface area contributed by atoms with Gasteiger partial charge in [-0.25, -0.2) is 0 Å². The van der Waals surface area contributed by atoms with Gasteiger partial charge in [0.15, 0.2) is 11.5 Å². The van der Waals surface area contributed by atoms with Crippen molar-refractivity contribution in [3.63, 3.8) is 0 Å². The molecule has 0 aromatic heterocycles. The molecule has 22 heavy (non-hydrogen) atoms. The highest BCUT2D eigenvalue weighted by Crippen LogP contribution is 2.27. The van der Waals surface area contributed by atoms with Crippen LogP contribution in [0.15, 0.2) is 18.2 Å². The van der Waals surface area contributed by atoms with E-state index in [2.05, 4.69) is 6.92 Å². The molecule has 0 amide bonds. The summed E-state index contributed by atoms with van der Waals surface area (Å²) >= 11 is 0. The number of phenols is 1. The molecule has 1 aromatic rings. The van der Waals surface area contributed by atoms with E-state index in [0.717, 1.165) is 38.5 Å². The van der Waals surface area contributed by atoms with Crippen LogP contribution in [-0.4, -0.2) is 23.4 Å². The lowest BCUT2D eigenvalue weighted by Crippen LogP contribution is -2.06. The quantitative estimate of drug-likeness (QED) is 0.543. The van der Waals surface area contributed by atoms with E-state index in [4.69, 9.17) is 4.74 Å². The van der Waals surface area contributed by atoms with Crippen LogP contribution in [0.25, 0.3) is 0 Å². The predicted octanol–water partition coefficient (Wildman–Crippen LogP) is 4.84. The second-order valence-corrected chi connectivity index (χ2v) is 6.11. The number of ether oxygens (including phenoxy) is 1. The van der Waals surface area contributed by atoms with Crippen molar-refractivity contribution >= 4 is 0 Å². The zero-order chi connectivity index (χ0) is 16.2. The van der Waals surface area contributed by atoms with Crippen molar-refractivity contribution in [3.05, 3.63) is 23.8 Å². The Labute approximate surface area is 135 Å². The first kappa shape index (κ1) is 18.8. The number of aliphatic hydroxyl groups is 1. The lowest BCUT2D eigenvalue weighted by atomic mass is 10.0. The lowest BCUT2D eigenvalue weighted by molar-refractivity contribution is 0.147. The third kappa shape index (κ3) is 7.69. The van der Waals surface area contributed by atoms with Gasteiger partial charge in [-0.05, 0) is 43.4 Å². The van der Waals surface area contributed by atoms with Crippen LogP contribution in [0.5, 0.6) is 11.5 Å². The van der Waals surface area contributed by atoms with Gasteiger partial charge in [-0.2, -0.15) is 0 Å². The van der Waals surface area contributed by atoms with Crippen LogP contribution in [-0.2, 0) is 6.42 Å². The molecule has 0 fully saturated rings. The molecule has 0 radical (unpaired) electrons. The van der Waals surface area contributed by atoms with Crippen molar-refractivity contribution in [2.75, 3.05) is 7.11 Å². The third-order valence-corrected chi connectivity index (χ3v) is 4.14. The number of aryl methyl sites for hydroxylation is 1. The number of hydrogen-bond acceptors (Lipinski definition) is 3. The predicted molar refractivity (Wildman–Crippen MR) is 91.6 cm³/mol. The summed E-state index contributed by atoms with van der Waals surface area (Å²) in [6.45, 7) is 2.22. The Kier molecular flexibility index (Phi) is 9.72. The summed E-state index contributed by atoms with van der Waals surface area (Å²) in [5.74, 6) is 0.717. The molecule has 0 saturated heterocycles. The maximum atomic E-state index is 9.97. The Morgan fingerprint density at radius 2 is 1.68 bits per heavy atom. The molecule has 0 aliphatic carbocycles. The first-order valence-electron chi connectivity index (χ1n) is 8.71. The van der Waals surface area contributed by atoms with E-state index in [-0.39, 0.29) is 11.9 Å². The molecule has 0 spiro atoms. The fourth-order valence-electron chi connectivity index (χ4n) is 2.71. The van der Waals surface area contributed by atoms with Crippen LogP contribution in [0, 0.1) is 0 Å². The van der Waals surface area contributed by atoms with Gasteiger partial charge in [0.2, 0.25) is 0 Å². The van der Waals surface area contributed by atoms with Crippen molar-refractivity contribution in [1.82, 2.24) is 0 Å². The molecular weight excluding hydrogens is 276 g/mol. The van der Waals surface area contributed by atoms with Gasteiger partial charge in [-0.15, -0.1) is 0 Å². The maximum absolute atomic E-state index is 9.97. The normalized spacial score (nSPS) is 12.3. The molecule has 1 unspecified atom stereocenters. The number of unbranched alkanes of at least 4 members (excludes halogenated alkanes) is 5. The van der Waals surface area contributed by atoms with Crippen LogP contribution >= 0.6 is 0 Å². The van der Waals surface area contributed by atoms with Gasteiger partial charge in [0.25, 0.3) is 0 Å². The smallest absolute Gasteiger partial charge is 0.160 e. The second kappa shape index (κ2) is 11.4. The Balaban J connectivity index is 2.11. The monoisotopic (exact) mass is 308 g/mol. The van der Waals surface area contributed by atoms with Crippen LogP contribution in [0.1, 0.15) is 70.3 Å². The molecule has 1 atom stereocenters. The van der Waals surface area contributed by atoms with E-state index < -0.39 is 0 Å². The zero-order valence-corrected chi connectivity index (χ0v) is 14.2. The minimum Gasteiger partial charge on any atom is -0.504 e. The van der Waals surface area contributed by atoms with Crippen molar-refractivity contribution < 1.29 is 14.9 Å². The molecule has 3 heteroatoms. The molecule has 3 nitrogen and oxygen atoms in total. The topological polar surface area (TPSA) is 49.7 Å². The highest BCUT2D eigenvalue weighted by Gasteiger charge is 2.05. The van der Waals surface area contributed by atoms with Gasteiger partial charge >= 0.3 is 0 Å². The SMILES string of the molecule is CCCCCCCC(O)CCCCc1ccc(O)c(OC)c1. The number of hydrogen-bond donors (Lipinski definition) is 2. The average Bonchev–Trinajstić information content (AvgIpc) is 2.52. The highest BCUT2D eigenvalue weighted by molar-refractivity contribution is 5.41. The molecule has 0 saturated carbocycles. The van der Waals surface area contributed by atoms with Gasteiger partial charge in [0, 0.05) is 0 Å². The standard InChI is InChI=1S/C19H32O3/c1-3-4-5-6-7-11-17(20)12-9-8-10-16-13-14-18(21)19(15-16)22-2/h13-15,17,20-21H,3-12H2,1-2H3. The van der Waals surface area contributed by atoms with Gasteiger partial charge in [-0.1, -0.05) is 51.5 Å². The molecular formula is C19H32O3. The van der Waals surface area contributed by atoms with Crippen molar-refractivity contribution in [3.8, 4) is 11.5 Å². The summed E-state index contributed by atoms with van der Waals surface area (Å²) < 4.78 is 5.11. The summed E-state index contributed by atoms with van der Waals surface area (Å²) in [7, 11) is 1.57. The summed E-state index contributed by atoms with van der Waals surface area (Å²) in [5.41, 5.74) is 1.17. The minimum absolute atomic E-state index is 0.143.